The average Bonchev–Trinajstić information content (AvgIpc) is 2.47. The number of carbonyl (C=O) groups excluding carboxylic acids is 1. The van der Waals surface area contributed by atoms with E-state index in [1.807, 2.05) is 12.1 Å². The van der Waals surface area contributed by atoms with Gasteiger partial charge in [0.1, 0.15) is 0 Å². The number of carbonyl (C=O) groups is 1. The largest absolute Gasteiger partial charge is 0.504 e. The van der Waals surface area contributed by atoms with Crippen molar-refractivity contribution in [2.24, 2.45) is 5.73 Å². The van der Waals surface area contributed by atoms with Crippen LogP contribution in [0.1, 0.15) is 15.9 Å². The number of phenols is 1. The number of nitrogens with one attached hydrogen (secondary N) is 1. The Morgan fingerprint density at radius 1 is 1.30 bits per heavy atom. The van der Waals surface area contributed by atoms with Crippen molar-refractivity contribution < 1.29 is 14.6 Å². The molecule has 0 aromatic heterocycles. The van der Waals surface area contributed by atoms with E-state index in [1.54, 1.807) is 24.3 Å². The molecule has 5 nitrogen and oxygen atoms in total. The first kappa shape index (κ1) is 13.9. The van der Waals surface area contributed by atoms with Gasteiger partial charge in [0.2, 0.25) is 0 Å². The molecule has 0 heterocycles. The molecule has 0 saturated heterocycles. The van der Waals surface area contributed by atoms with Crippen LogP contribution in [0.25, 0.3) is 0 Å². The molecular formula is C15H16N2O3. The average molecular weight is 272 g/mol. The van der Waals surface area contributed by atoms with Crippen LogP contribution < -0.4 is 15.8 Å². The second kappa shape index (κ2) is 6.08. The third-order valence-electron chi connectivity index (χ3n) is 2.88. The minimum atomic E-state index is -0.407. The molecule has 0 fully saturated rings. The van der Waals surface area contributed by atoms with Crippen LogP contribution in [0.15, 0.2) is 42.5 Å². The maximum absolute atomic E-state index is 12.1. The highest BCUT2D eigenvalue weighted by Crippen LogP contribution is 2.29. The molecule has 0 radical (unpaired) electrons. The number of benzene rings is 2. The summed E-state index contributed by atoms with van der Waals surface area (Å²) in [6.45, 7) is 0.397. The lowest BCUT2D eigenvalue weighted by molar-refractivity contribution is 0.102. The van der Waals surface area contributed by atoms with E-state index in [1.165, 1.54) is 13.2 Å². The molecule has 4 N–H and O–H groups in total. The van der Waals surface area contributed by atoms with Crippen molar-refractivity contribution in [3.63, 3.8) is 0 Å². The molecule has 2 aromatic carbocycles. The topological polar surface area (TPSA) is 84.6 Å². The van der Waals surface area contributed by atoms with Gasteiger partial charge < -0.3 is 20.9 Å². The van der Waals surface area contributed by atoms with Crippen molar-refractivity contribution in [2.45, 2.75) is 6.54 Å². The number of amides is 1. The number of aromatic hydroxyl groups is 1. The highest BCUT2D eigenvalue weighted by Gasteiger charge is 2.14. The number of anilines is 1. The SMILES string of the molecule is COc1cccc(C(=O)Nc2cccc(CN)c2)c1O. The lowest BCUT2D eigenvalue weighted by Gasteiger charge is -2.10. The van der Waals surface area contributed by atoms with E-state index in [0.29, 0.717) is 12.2 Å². The smallest absolute Gasteiger partial charge is 0.259 e. The van der Waals surface area contributed by atoms with Gasteiger partial charge in [-0.2, -0.15) is 0 Å². The van der Waals surface area contributed by atoms with E-state index in [2.05, 4.69) is 5.32 Å². The minimum absolute atomic E-state index is 0.155. The molecule has 0 aliphatic rings. The summed E-state index contributed by atoms with van der Waals surface area (Å²) in [5, 5.41) is 12.6. The van der Waals surface area contributed by atoms with E-state index in [9.17, 15) is 9.90 Å². The Labute approximate surface area is 117 Å². The van der Waals surface area contributed by atoms with Crippen LogP contribution >= 0.6 is 0 Å². The minimum Gasteiger partial charge on any atom is -0.504 e. The zero-order valence-electron chi connectivity index (χ0n) is 11.1. The lowest BCUT2D eigenvalue weighted by Crippen LogP contribution is -2.12. The quantitative estimate of drug-likeness (QED) is 0.795. The number of ether oxygens (including phenoxy) is 1. The van der Waals surface area contributed by atoms with Gasteiger partial charge in [-0.15, -0.1) is 0 Å². The van der Waals surface area contributed by atoms with Gasteiger partial charge in [-0.05, 0) is 29.8 Å². The van der Waals surface area contributed by atoms with Crippen molar-refractivity contribution >= 4 is 11.6 Å². The molecule has 0 saturated carbocycles. The van der Waals surface area contributed by atoms with Gasteiger partial charge in [-0.3, -0.25) is 4.79 Å². The predicted molar refractivity (Wildman–Crippen MR) is 76.9 cm³/mol. The Morgan fingerprint density at radius 2 is 2.05 bits per heavy atom. The highest BCUT2D eigenvalue weighted by molar-refractivity contribution is 6.06. The van der Waals surface area contributed by atoms with Gasteiger partial charge in [-0.25, -0.2) is 0 Å². The Morgan fingerprint density at radius 3 is 2.75 bits per heavy atom. The van der Waals surface area contributed by atoms with Crippen LogP contribution in [0.3, 0.4) is 0 Å². The monoisotopic (exact) mass is 272 g/mol. The number of methoxy groups -OCH3 is 1. The Balaban J connectivity index is 2.24. The first-order valence-corrected chi connectivity index (χ1v) is 6.12. The Kier molecular flexibility index (Phi) is 4.22. The van der Waals surface area contributed by atoms with Crippen LogP contribution in [0.5, 0.6) is 11.5 Å². The zero-order valence-corrected chi connectivity index (χ0v) is 11.1. The fraction of sp³-hybridized carbons (Fsp3) is 0.133. The van der Waals surface area contributed by atoms with Crippen LogP contribution in [-0.2, 0) is 6.54 Å². The number of rotatable bonds is 4. The molecule has 0 aliphatic carbocycles. The summed E-state index contributed by atoms with van der Waals surface area (Å²) in [6.07, 6.45) is 0. The van der Waals surface area contributed by atoms with Crippen LogP contribution in [0.2, 0.25) is 0 Å². The molecular weight excluding hydrogens is 256 g/mol. The summed E-state index contributed by atoms with van der Waals surface area (Å²) in [5.74, 6) is -0.327. The molecule has 5 heteroatoms. The molecule has 0 atom stereocenters. The van der Waals surface area contributed by atoms with Gasteiger partial charge in [0.05, 0.1) is 12.7 Å². The molecule has 0 spiro atoms. The number of hydrogen-bond donors (Lipinski definition) is 3. The second-order valence-electron chi connectivity index (χ2n) is 4.22. The highest BCUT2D eigenvalue weighted by atomic mass is 16.5. The van der Waals surface area contributed by atoms with Crippen molar-refractivity contribution in [3.8, 4) is 11.5 Å². The number of hydrogen-bond acceptors (Lipinski definition) is 4. The maximum Gasteiger partial charge on any atom is 0.259 e. The van der Waals surface area contributed by atoms with Gasteiger partial charge >= 0.3 is 0 Å². The van der Waals surface area contributed by atoms with Crippen molar-refractivity contribution in [3.05, 3.63) is 53.6 Å². The molecule has 0 unspecified atom stereocenters. The third-order valence-corrected chi connectivity index (χ3v) is 2.88. The van der Waals surface area contributed by atoms with Gasteiger partial charge in [0.15, 0.2) is 11.5 Å². The normalized spacial score (nSPS) is 10.1. The first-order valence-electron chi connectivity index (χ1n) is 6.12. The van der Waals surface area contributed by atoms with Gasteiger partial charge in [0, 0.05) is 12.2 Å². The summed E-state index contributed by atoms with van der Waals surface area (Å²) < 4.78 is 4.98. The molecule has 0 bridgehead atoms. The van der Waals surface area contributed by atoms with E-state index in [4.69, 9.17) is 10.5 Å². The van der Waals surface area contributed by atoms with E-state index >= 15 is 0 Å². The van der Waals surface area contributed by atoms with Gasteiger partial charge in [-0.1, -0.05) is 18.2 Å². The Bertz CT molecular complexity index is 626. The predicted octanol–water partition coefficient (Wildman–Crippen LogP) is 2.11. The van der Waals surface area contributed by atoms with Crippen LogP contribution in [0.4, 0.5) is 5.69 Å². The van der Waals surface area contributed by atoms with Gasteiger partial charge in [0.25, 0.3) is 5.91 Å². The summed E-state index contributed by atoms with van der Waals surface area (Å²) >= 11 is 0. The summed E-state index contributed by atoms with van der Waals surface area (Å²) in [4.78, 5) is 12.1. The van der Waals surface area contributed by atoms with E-state index in [-0.39, 0.29) is 17.1 Å². The molecule has 104 valence electrons. The number of phenolic OH excluding ortho intramolecular Hbond substituents is 1. The standard InChI is InChI=1S/C15H16N2O3/c1-20-13-7-3-6-12(14(13)18)15(19)17-11-5-2-4-10(8-11)9-16/h2-8,18H,9,16H2,1H3,(H,17,19). The molecule has 1 amide bonds. The number of para-hydroxylation sites is 1. The fourth-order valence-electron chi connectivity index (χ4n) is 1.84. The number of nitrogens with two attached hydrogens (primary N) is 1. The van der Waals surface area contributed by atoms with Crippen molar-refractivity contribution in [2.75, 3.05) is 12.4 Å². The summed E-state index contributed by atoms with van der Waals surface area (Å²) in [6, 6.07) is 12.0. The summed E-state index contributed by atoms with van der Waals surface area (Å²) in [5.41, 5.74) is 7.25. The first-order chi connectivity index (χ1) is 9.65. The van der Waals surface area contributed by atoms with Crippen molar-refractivity contribution in [1.82, 2.24) is 0 Å². The molecule has 2 aromatic rings. The Hall–Kier alpha value is -2.53. The molecule has 0 aliphatic heterocycles. The molecule has 2 rings (SSSR count). The summed E-state index contributed by atoms with van der Waals surface area (Å²) in [7, 11) is 1.43. The maximum atomic E-state index is 12.1. The fourth-order valence-corrected chi connectivity index (χ4v) is 1.84. The molecule has 20 heavy (non-hydrogen) atoms. The van der Waals surface area contributed by atoms with Crippen LogP contribution in [-0.4, -0.2) is 18.1 Å². The third kappa shape index (κ3) is 2.89. The van der Waals surface area contributed by atoms with E-state index in [0.717, 1.165) is 5.56 Å². The zero-order chi connectivity index (χ0) is 14.5. The van der Waals surface area contributed by atoms with Crippen molar-refractivity contribution in [1.29, 1.82) is 0 Å². The second-order valence-corrected chi connectivity index (χ2v) is 4.22. The van der Waals surface area contributed by atoms with Crippen LogP contribution in [0, 0.1) is 0 Å². The lowest BCUT2D eigenvalue weighted by atomic mass is 10.1. The van der Waals surface area contributed by atoms with E-state index < -0.39 is 5.91 Å².